The second kappa shape index (κ2) is 8.68. The molecule has 2 aromatic carbocycles. The monoisotopic (exact) mass is 432 g/mol. The third kappa shape index (κ3) is 5.17. The molecule has 0 saturated carbocycles. The fourth-order valence-electron chi connectivity index (χ4n) is 2.52. The van der Waals surface area contributed by atoms with E-state index in [9.17, 15) is 13.2 Å². The molecule has 10 heteroatoms. The molecule has 0 aliphatic heterocycles. The van der Waals surface area contributed by atoms with E-state index in [1.165, 1.54) is 36.0 Å². The first-order valence-corrected chi connectivity index (χ1v) is 11.0. The number of nitrogens with one attached hydrogen (secondary N) is 1. The van der Waals surface area contributed by atoms with Crippen LogP contribution in [0, 0.1) is 0 Å². The SMILES string of the molecule is COc1cccc(-n2ccnc2SC(C)C(=O)Nc2ccc(S(N)(=O)=O)cc2)c1. The molecule has 3 rings (SSSR count). The highest BCUT2D eigenvalue weighted by Crippen LogP contribution is 2.27. The maximum atomic E-state index is 12.5. The number of anilines is 1. The Labute approximate surface area is 173 Å². The van der Waals surface area contributed by atoms with Crippen molar-refractivity contribution in [3.05, 3.63) is 60.9 Å². The molecule has 0 radical (unpaired) electrons. The second-order valence-electron chi connectivity index (χ2n) is 6.10. The third-order valence-corrected chi connectivity index (χ3v) is 6.05. The number of benzene rings is 2. The average Bonchev–Trinajstić information content (AvgIpc) is 3.15. The third-order valence-electron chi connectivity index (χ3n) is 4.04. The summed E-state index contributed by atoms with van der Waals surface area (Å²) in [5.41, 5.74) is 1.35. The van der Waals surface area contributed by atoms with Crippen molar-refractivity contribution in [2.75, 3.05) is 12.4 Å². The van der Waals surface area contributed by atoms with Gasteiger partial charge in [0.2, 0.25) is 15.9 Å². The molecule has 1 heterocycles. The zero-order valence-electron chi connectivity index (χ0n) is 15.8. The van der Waals surface area contributed by atoms with Crippen LogP contribution in [-0.4, -0.2) is 36.2 Å². The normalized spacial score (nSPS) is 12.4. The lowest BCUT2D eigenvalue weighted by molar-refractivity contribution is -0.115. The van der Waals surface area contributed by atoms with Gasteiger partial charge in [0.1, 0.15) is 5.75 Å². The first-order valence-electron chi connectivity index (χ1n) is 8.56. The topological polar surface area (TPSA) is 116 Å². The fourth-order valence-corrected chi connectivity index (χ4v) is 3.92. The fraction of sp³-hybridized carbons (Fsp3) is 0.158. The smallest absolute Gasteiger partial charge is 0.238 e. The van der Waals surface area contributed by atoms with E-state index >= 15 is 0 Å². The van der Waals surface area contributed by atoms with E-state index in [2.05, 4.69) is 10.3 Å². The number of hydrogen-bond acceptors (Lipinski definition) is 6. The van der Waals surface area contributed by atoms with Crippen molar-refractivity contribution in [3.63, 3.8) is 0 Å². The van der Waals surface area contributed by atoms with Crippen LogP contribution >= 0.6 is 11.8 Å². The number of imidazole rings is 1. The van der Waals surface area contributed by atoms with E-state index in [-0.39, 0.29) is 10.8 Å². The summed E-state index contributed by atoms with van der Waals surface area (Å²) in [6.07, 6.45) is 3.48. The molecule has 3 aromatic rings. The van der Waals surface area contributed by atoms with Gasteiger partial charge in [-0.05, 0) is 43.3 Å². The number of methoxy groups -OCH3 is 1. The van der Waals surface area contributed by atoms with Crippen LogP contribution in [0.4, 0.5) is 5.69 Å². The highest BCUT2D eigenvalue weighted by molar-refractivity contribution is 8.00. The van der Waals surface area contributed by atoms with Gasteiger partial charge in [-0.2, -0.15) is 0 Å². The van der Waals surface area contributed by atoms with Crippen LogP contribution in [0.25, 0.3) is 5.69 Å². The molecule has 0 bridgehead atoms. The first kappa shape index (κ1) is 20.9. The van der Waals surface area contributed by atoms with Crippen LogP contribution in [0.5, 0.6) is 5.75 Å². The van der Waals surface area contributed by atoms with Gasteiger partial charge in [-0.15, -0.1) is 0 Å². The molecular formula is C19H20N4O4S2. The van der Waals surface area contributed by atoms with Crippen LogP contribution in [0.3, 0.4) is 0 Å². The van der Waals surface area contributed by atoms with Gasteiger partial charge in [0, 0.05) is 24.1 Å². The van der Waals surface area contributed by atoms with Crippen molar-refractivity contribution in [2.24, 2.45) is 5.14 Å². The molecule has 3 N–H and O–H groups in total. The van der Waals surface area contributed by atoms with Crippen molar-refractivity contribution in [1.29, 1.82) is 0 Å². The first-order chi connectivity index (χ1) is 13.8. The summed E-state index contributed by atoms with van der Waals surface area (Å²) in [4.78, 5) is 16.9. The number of hydrogen-bond donors (Lipinski definition) is 2. The summed E-state index contributed by atoms with van der Waals surface area (Å²) >= 11 is 1.30. The van der Waals surface area contributed by atoms with Gasteiger partial charge in [-0.1, -0.05) is 17.8 Å². The van der Waals surface area contributed by atoms with Gasteiger partial charge < -0.3 is 10.1 Å². The van der Waals surface area contributed by atoms with Crippen molar-refractivity contribution < 1.29 is 17.9 Å². The van der Waals surface area contributed by atoms with Gasteiger partial charge in [0.25, 0.3) is 0 Å². The number of carbonyl (C=O) groups excluding carboxylic acids is 1. The minimum Gasteiger partial charge on any atom is -0.497 e. The molecule has 1 unspecified atom stereocenters. The van der Waals surface area contributed by atoms with E-state index in [1.807, 2.05) is 35.0 Å². The minimum absolute atomic E-state index is 0.0155. The van der Waals surface area contributed by atoms with Crippen molar-refractivity contribution in [3.8, 4) is 11.4 Å². The van der Waals surface area contributed by atoms with Crippen LogP contribution in [0.1, 0.15) is 6.92 Å². The van der Waals surface area contributed by atoms with Crippen molar-refractivity contribution in [2.45, 2.75) is 22.2 Å². The Morgan fingerprint density at radius 1 is 1.24 bits per heavy atom. The molecule has 0 aliphatic rings. The molecule has 29 heavy (non-hydrogen) atoms. The molecule has 1 aromatic heterocycles. The number of thioether (sulfide) groups is 1. The lowest BCUT2D eigenvalue weighted by Crippen LogP contribution is -2.23. The maximum Gasteiger partial charge on any atom is 0.238 e. The number of sulfonamides is 1. The minimum atomic E-state index is -3.77. The molecule has 1 atom stereocenters. The molecule has 0 saturated heterocycles. The number of ether oxygens (including phenoxy) is 1. The van der Waals surface area contributed by atoms with E-state index in [4.69, 9.17) is 9.88 Å². The Balaban J connectivity index is 1.70. The van der Waals surface area contributed by atoms with Crippen LogP contribution in [0.2, 0.25) is 0 Å². The van der Waals surface area contributed by atoms with Gasteiger partial charge in [-0.25, -0.2) is 18.5 Å². The summed E-state index contributed by atoms with van der Waals surface area (Å²) in [5, 5.41) is 8.05. The summed E-state index contributed by atoms with van der Waals surface area (Å²) in [5.74, 6) is 0.486. The van der Waals surface area contributed by atoms with Gasteiger partial charge >= 0.3 is 0 Å². The number of nitrogens with two attached hydrogens (primary N) is 1. The number of carbonyl (C=O) groups is 1. The Bertz CT molecular complexity index is 1110. The Kier molecular flexibility index (Phi) is 6.26. The average molecular weight is 433 g/mol. The summed E-state index contributed by atoms with van der Waals surface area (Å²) in [6.45, 7) is 1.77. The quantitative estimate of drug-likeness (QED) is 0.555. The van der Waals surface area contributed by atoms with E-state index < -0.39 is 15.3 Å². The summed E-state index contributed by atoms with van der Waals surface area (Å²) in [6, 6.07) is 13.2. The highest BCUT2D eigenvalue weighted by Gasteiger charge is 2.18. The highest BCUT2D eigenvalue weighted by atomic mass is 32.2. The Morgan fingerprint density at radius 2 is 1.97 bits per heavy atom. The summed E-state index contributed by atoms with van der Waals surface area (Å²) in [7, 11) is -2.17. The molecule has 0 aliphatic carbocycles. The summed E-state index contributed by atoms with van der Waals surface area (Å²) < 4.78 is 29.8. The number of amides is 1. The molecule has 1 amide bonds. The van der Waals surface area contributed by atoms with E-state index in [1.54, 1.807) is 20.2 Å². The lowest BCUT2D eigenvalue weighted by Gasteiger charge is -2.14. The van der Waals surface area contributed by atoms with Gasteiger partial charge in [0.05, 0.1) is 22.9 Å². The second-order valence-corrected chi connectivity index (χ2v) is 8.97. The molecule has 0 spiro atoms. The van der Waals surface area contributed by atoms with Crippen LogP contribution in [0.15, 0.2) is 71.0 Å². The number of rotatable bonds is 7. The molecule has 8 nitrogen and oxygen atoms in total. The number of primary sulfonamides is 1. The van der Waals surface area contributed by atoms with E-state index in [0.29, 0.717) is 10.8 Å². The number of aromatic nitrogens is 2. The molecule has 152 valence electrons. The maximum absolute atomic E-state index is 12.5. The van der Waals surface area contributed by atoms with Crippen LogP contribution < -0.4 is 15.2 Å². The predicted molar refractivity (Wildman–Crippen MR) is 112 cm³/mol. The van der Waals surface area contributed by atoms with Gasteiger partial charge in [0.15, 0.2) is 5.16 Å². The zero-order chi connectivity index (χ0) is 21.0. The number of nitrogens with zero attached hydrogens (tertiary/aromatic N) is 2. The predicted octanol–water partition coefficient (Wildman–Crippen LogP) is 2.65. The van der Waals surface area contributed by atoms with Crippen LogP contribution in [-0.2, 0) is 14.8 Å². The lowest BCUT2D eigenvalue weighted by atomic mass is 10.3. The largest absolute Gasteiger partial charge is 0.497 e. The Morgan fingerprint density at radius 3 is 2.62 bits per heavy atom. The molecular weight excluding hydrogens is 412 g/mol. The van der Waals surface area contributed by atoms with Crippen molar-refractivity contribution >= 4 is 33.4 Å². The van der Waals surface area contributed by atoms with E-state index in [0.717, 1.165) is 11.4 Å². The Hall–Kier alpha value is -2.82. The molecule has 0 fully saturated rings. The van der Waals surface area contributed by atoms with Crippen molar-refractivity contribution in [1.82, 2.24) is 9.55 Å². The standard InChI is InChI=1S/C19H20N4O4S2/c1-13(18(24)22-14-6-8-17(9-7-14)29(20,25)26)28-19-21-10-11-23(19)15-4-3-5-16(12-15)27-2/h3-13H,1-2H3,(H,22,24)(H2,20,25,26). The van der Waals surface area contributed by atoms with Gasteiger partial charge in [-0.3, -0.25) is 9.36 Å². The zero-order valence-corrected chi connectivity index (χ0v) is 17.4.